The van der Waals surface area contributed by atoms with E-state index in [-0.39, 0.29) is 29.8 Å². The van der Waals surface area contributed by atoms with E-state index in [1.165, 1.54) is 12.1 Å². The van der Waals surface area contributed by atoms with Crippen molar-refractivity contribution in [1.29, 1.82) is 0 Å². The second-order valence-electron chi connectivity index (χ2n) is 3.48. The number of guanidine groups is 1. The van der Waals surface area contributed by atoms with Gasteiger partial charge in [0.25, 0.3) is 0 Å². The van der Waals surface area contributed by atoms with Gasteiger partial charge in [-0.1, -0.05) is 12.1 Å². The molecule has 5 heteroatoms. The van der Waals surface area contributed by atoms with Crippen molar-refractivity contribution >= 4 is 29.9 Å². The summed E-state index contributed by atoms with van der Waals surface area (Å²) in [5.41, 5.74) is 6.64. The number of rotatable bonds is 4. The van der Waals surface area contributed by atoms with Crippen LogP contribution >= 0.6 is 24.0 Å². The van der Waals surface area contributed by atoms with Gasteiger partial charge in [-0.15, -0.1) is 24.0 Å². The van der Waals surface area contributed by atoms with Crippen molar-refractivity contribution in [1.82, 2.24) is 4.90 Å². The fourth-order valence-corrected chi connectivity index (χ4v) is 1.46. The van der Waals surface area contributed by atoms with E-state index in [9.17, 15) is 4.39 Å². The minimum Gasteiger partial charge on any atom is -0.370 e. The molecule has 0 saturated carbocycles. The van der Waals surface area contributed by atoms with Crippen molar-refractivity contribution in [3.8, 4) is 0 Å². The molecule has 0 unspecified atom stereocenters. The molecule has 0 atom stereocenters. The zero-order chi connectivity index (χ0) is 12.0. The molecule has 0 aliphatic rings. The molecule has 3 nitrogen and oxygen atoms in total. The van der Waals surface area contributed by atoms with Gasteiger partial charge < -0.3 is 10.6 Å². The first kappa shape index (κ1) is 16.1. The highest BCUT2D eigenvalue weighted by atomic mass is 127. The molecule has 0 aliphatic heterocycles. The van der Waals surface area contributed by atoms with Gasteiger partial charge in [0.05, 0.1) is 6.54 Å². The van der Waals surface area contributed by atoms with Gasteiger partial charge >= 0.3 is 0 Å². The molecule has 1 aromatic carbocycles. The van der Waals surface area contributed by atoms with Gasteiger partial charge in [0.2, 0.25) is 0 Å². The Morgan fingerprint density at radius 2 is 2.00 bits per heavy atom. The summed E-state index contributed by atoms with van der Waals surface area (Å²) in [5.74, 6) is 0.267. The van der Waals surface area contributed by atoms with Crippen LogP contribution in [0.25, 0.3) is 0 Å². The Kier molecular flexibility index (Phi) is 7.86. The van der Waals surface area contributed by atoms with E-state index in [0.717, 1.165) is 18.7 Å². The van der Waals surface area contributed by atoms with Gasteiger partial charge in [0, 0.05) is 13.1 Å². The van der Waals surface area contributed by atoms with Crippen LogP contribution in [-0.4, -0.2) is 23.9 Å². The summed E-state index contributed by atoms with van der Waals surface area (Å²) < 4.78 is 12.9. The molecule has 1 aromatic rings. The number of aliphatic imine (C=N–C) groups is 1. The lowest BCUT2D eigenvalue weighted by atomic mass is 10.2. The molecule has 2 N–H and O–H groups in total. The third-order valence-electron chi connectivity index (χ3n) is 2.40. The molecule has 0 saturated heterocycles. The maximum Gasteiger partial charge on any atom is 0.191 e. The fourth-order valence-electron chi connectivity index (χ4n) is 1.46. The van der Waals surface area contributed by atoms with Crippen LogP contribution in [0.4, 0.5) is 4.39 Å². The first-order valence-corrected chi connectivity index (χ1v) is 5.46. The van der Waals surface area contributed by atoms with E-state index >= 15 is 0 Å². The van der Waals surface area contributed by atoms with Crippen molar-refractivity contribution in [3.05, 3.63) is 35.6 Å². The van der Waals surface area contributed by atoms with Crippen molar-refractivity contribution in [3.63, 3.8) is 0 Å². The summed E-state index contributed by atoms with van der Waals surface area (Å²) in [7, 11) is 0. The average Bonchev–Trinajstić information content (AvgIpc) is 2.28. The molecule has 1 rings (SSSR count). The summed E-state index contributed by atoms with van der Waals surface area (Å²) in [5, 5.41) is 0. The maximum atomic E-state index is 12.9. The van der Waals surface area contributed by atoms with E-state index in [1.807, 2.05) is 24.8 Å². The van der Waals surface area contributed by atoms with E-state index < -0.39 is 0 Å². The summed E-state index contributed by atoms with van der Waals surface area (Å²) >= 11 is 0. The fraction of sp³-hybridized carbons (Fsp3) is 0.417. The predicted molar refractivity (Wildman–Crippen MR) is 80.1 cm³/mol. The molecule has 0 aromatic heterocycles. The SMILES string of the molecule is CCN(CC)C(N)=NCc1cccc(F)c1.I. The second-order valence-corrected chi connectivity index (χ2v) is 3.48. The molecular weight excluding hydrogens is 332 g/mol. The minimum absolute atomic E-state index is 0. The van der Waals surface area contributed by atoms with Crippen LogP contribution in [-0.2, 0) is 6.54 Å². The first-order valence-electron chi connectivity index (χ1n) is 5.46. The van der Waals surface area contributed by atoms with Gasteiger partial charge in [-0.3, -0.25) is 0 Å². The standard InChI is InChI=1S/C12H18FN3.HI/c1-3-16(4-2)12(14)15-9-10-6-5-7-11(13)8-10;/h5-8H,3-4,9H2,1-2H3,(H2,14,15);1H. The van der Waals surface area contributed by atoms with E-state index in [2.05, 4.69) is 4.99 Å². The quantitative estimate of drug-likeness (QED) is 0.515. The number of benzene rings is 1. The summed E-state index contributed by atoms with van der Waals surface area (Å²) in [4.78, 5) is 6.19. The van der Waals surface area contributed by atoms with E-state index in [1.54, 1.807) is 6.07 Å². The summed E-state index contributed by atoms with van der Waals surface area (Å²) in [6.45, 7) is 6.12. The third-order valence-corrected chi connectivity index (χ3v) is 2.40. The molecular formula is C12H19FIN3. The van der Waals surface area contributed by atoms with Crippen molar-refractivity contribution < 1.29 is 4.39 Å². The highest BCUT2D eigenvalue weighted by molar-refractivity contribution is 14.0. The number of halogens is 2. The Balaban J connectivity index is 0.00000256. The van der Waals surface area contributed by atoms with Gasteiger partial charge in [-0.2, -0.15) is 0 Å². The van der Waals surface area contributed by atoms with Crippen LogP contribution in [0.15, 0.2) is 29.3 Å². The number of hydrogen-bond donors (Lipinski definition) is 1. The third kappa shape index (κ3) is 5.34. The monoisotopic (exact) mass is 351 g/mol. The molecule has 0 radical (unpaired) electrons. The zero-order valence-corrected chi connectivity index (χ0v) is 12.5. The zero-order valence-electron chi connectivity index (χ0n) is 10.2. The molecule has 0 bridgehead atoms. The largest absolute Gasteiger partial charge is 0.370 e. The molecule has 0 aliphatic carbocycles. The number of nitrogens with two attached hydrogens (primary N) is 1. The number of hydrogen-bond acceptors (Lipinski definition) is 1. The highest BCUT2D eigenvalue weighted by Gasteiger charge is 2.01. The van der Waals surface area contributed by atoms with Crippen LogP contribution in [0, 0.1) is 5.82 Å². The molecule has 0 spiro atoms. The Morgan fingerprint density at radius 1 is 1.35 bits per heavy atom. The lowest BCUT2D eigenvalue weighted by molar-refractivity contribution is 0.458. The normalized spacial score (nSPS) is 10.9. The lowest BCUT2D eigenvalue weighted by Crippen LogP contribution is -2.37. The average molecular weight is 351 g/mol. The lowest BCUT2D eigenvalue weighted by Gasteiger charge is -2.19. The maximum absolute atomic E-state index is 12.9. The Labute approximate surface area is 119 Å². The first-order chi connectivity index (χ1) is 7.67. The van der Waals surface area contributed by atoms with Crippen molar-refractivity contribution in [2.45, 2.75) is 20.4 Å². The molecule has 0 fully saturated rings. The molecule has 96 valence electrons. The van der Waals surface area contributed by atoms with Crippen LogP contribution in [0.3, 0.4) is 0 Å². The Bertz CT molecular complexity index is 365. The summed E-state index contributed by atoms with van der Waals surface area (Å²) in [6, 6.07) is 6.40. The topological polar surface area (TPSA) is 41.6 Å². The van der Waals surface area contributed by atoms with Gasteiger partial charge in [0.15, 0.2) is 5.96 Å². The van der Waals surface area contributed by atoms with Crippen molar-refractivity contribution in [2.24, 2.45) is 10.7 Å². The van der Waals surface area contributed by atoms with Crippen molar-refractivity contribution in [2.75, 3.05) is 13.1 Å². The Morgan fingerprint density at radius 3 is 2.53 bits per heavy atom. The predicted octanol–water partition coefficient (Wildman–Crippen LogP) is 2.60. The van der Waals surface area contributed by atoms with E-state index in [0.29, 0.717) is 12.5 Å². The smallest absolute Gasteiger partial charge is 0.191 e. The van der Waals surface area contributed by atoms with Gasteiger partial charge in [0.1, 0.15) is 5.82 Å². The molecule has 0 heterocycles. The van der Waals surface area contributed by atoms with Crippen LogP contribution in [0.2, 0.25) is 0 Å². The number of nitrogens with zero attached hydrogens (tertiary/aromatic N) is 2. The minimum atomic E-state index is -0.242. The molecule has 0 amide bonds. The van der Waals surface area contributed by atoms with Crippen LogP contribution in [0.5, 0.6) is 0 Å². The van der Waals surface area contributed by atoms with Crippen LogP contribution < -0.4 is 5.73 Å². The summed E-state index contributed by atoms with van der Waals surface area (Å²) in [6.07, 6.45) is 0. The Hall–Kier alpha value is -0.850. The van der Waals surface area contributed by atoms with Gasteiger partial charge in [-0.05, 0) is 31.5 Å². The highest BCUT2D eigenvalue weighted by Crippen LogP contribution is 2.04. The second kappa shape index (κ2) is 8.27. The van der Waals surface area contributed by atoms with Crippen LogP contribution in [0.1, 0.15) is 19.4 Å². The molecule has 17 heavy (non-hydrogen) atoms. The van der Waals surface area contributed by atoms with E-state index in [4.69, 9.17) is 5.73 Å². The van der Waals surface area contributed by atoms with Gasteiger partial charge in [-0.25, -0.2) is 9.38 Å².